The highest BCUT2D eigenvalue weighted by molar-refractivity contribution is 7.10. The summed E-state index contributed by atoms with van der Waals surface area (Å²) in [5.74, 6) is 0. The number of thiophene rings is 1. The molecule has 0 amide bonds. The SMILES string of the molecule is c1csc(C(n2ncc3ccccc32)n2ncc3ccccc32)c1. The van der Waals surface area contributed by atoms with Gasteiger partial charge in [-0.3, -0.25) is 0 Å². The van der Waals surface area contributed by atoms with Gasteiger partial charge in [0.15, 0.2) is 6.17 Å². The highest BCUT2D eigenvalue weighted by Gasteiger charge is 2.22. The van der Waals surface area contributed by atoms with E-state index in [1.807, 2.05) is 36.7 Å². The zero-order valence-corrected chi connectivity index (χ0v) is 13.6. The van der Waals surface area contributed by atoms with Crippen molar-refractivity contribution in [1.29, 1.82) is 0 Å². The summed E-state index contributed by atoms with van der Waals surface area (Å²) in [7, 11) is 0. The first-order valence-corrected chi connectivity index (χ1v) is 8.68. The number of benzene rings is 2. The molecule has 3 aromatic heterocycles. The lowest BCUT2D eigenvalue weighted by molar-refractivity contribution is 0.449. The van der Waals surface area contributed by atoms with E-state index in [1.165, 1.54) is 4.88 Å². The topological polar surface area (TPSA) is 35.6 Å². The minimum Gasteiger partial charge on any atom is -0.235 e. The summed E-state index contributed by atoms with van der Waals surface area (Å²) >= 11 is 1.72. The van der Waals surface area contributed by atoms with E-state index in [0.717, 1.165) is 21.8 Å². The van der Waals surface area contributed by atoms with Gasteiger partial charge in [0, 0.05) is 10.8 Å². The van der Waals surface area contributed by atoms with Gasteiger partial charge in [-0.15, -0.1) is 11.3 Å². The van der Waals surface area contributed by atoms with E-state index in [2.05, 4.69) is 61.3 Å². The molecule has 0 saturated carbocycles. The number of fused-ring (bicyclic) bond motifs is 2. The average Bonchev–Trinajstić information content (AvgIpc) is 3.36. The van der Waals surface area contributed by atoms with Crippen molar-refractivity contribution in [2.24, 2.45) is 0 Å². The van der Waals surface area contributed by atoms with E-state index in [4.69, 9.17) is 0 Å². The Morgan fingerprint density at radius 2 is 1.29 bits per heavy atom. The van der Waals surface area contributed by atoms with Crippen molar-refractivity contribution in [2.45, 2.75) is 6.17 Å². The number of hydrogen-bond donors (Lipinski definition) is 0. The smallest absolute Gasteiger partial charge is 0.179 e. The van der Waals surface area contributed by atoms with E-state index in [1.54, 1.807) is 11.3 Å². The predicted octanol–water partition coefficient (Wildman–Crippen LogP) is 4.54. The molecule has 0 bridgehead atoms. The lowest BCUT2D eigenvalue weighted by atomic mass is 10.2. The molecule has 24 heavy (non-hydrogen) atoms. The summed E-state index contributed by atoms with van der Waals surface area (Å²) in [6.45, 7) is 0. The van der Waals surface area contributed by atoms with E-state index in [-0.39, 0.29) is 6.17 Å². The van der Waals surface area contributed by atoms with Gasteiger partial charge in [0.2, 0.25) is 0 Å². The maximum Gasteiger partial charge on any atom is 0.179 e. The fourth-order valence-electron chi connectivity index (χ4n) is 3.16. The number of hydrogen-bond acceptors (Lipinski definition) is 3. The minimum atomic E-state index is -0.0928. The van der Waals surface area contributed by atoms with Crippen LogP contribution in [0.25, 0.3) is 21.8 Å². The van der Waals surface area contributed by atoms with Crippen molar-refractivity contribution < 1.29 is 0 Å². The Labute approximate surface area is 142 Å². The van der Waals surface area contributed by atoms with E-state index < -0.39 is 0 Å². The van der Waals surface area contributed by atoms with Crippen LogP contribution in [0.5, 0.6) is 0 Å². The zero-order valence-electron chi connectivity index (χ0n) is 12.8. The molecule has 0 fully saturated rings. The summed E-state index contributed by atoms with van der Waals surface area (Å²) in [5.41, 5.74) is 2.21. The molecule has 116 valence electrons. The van der Waals surface area contributed by atoms with Gasteiger partial charge in [-0.25, -0.2) is 9.36 Å². The number of rotatable bonds is 3. The van der Waals surface area contributed by atoms with Crippen LogP contribution in [0, 0.1) is 0 Å². The molecule has 0 aliphatic rings. The Morgan fingerprint density at radius 1 is 0.708 bits per heavy atom. The first-order chi connectivity index (χ1) is 11.9. The van der Waals surface area contributed by atoms with Crippen molar-refractivity contribution >= 4 is 33.1 Å². The van der Waals surface area contributed by atoms with Crippen LogP contribution in [0.3, 0.4) is 0 Å². The molecule has 5 rings (SSSR count). The number of aromatic nitrogens is 4. The third-order valence-electron chi connectivity index (χ3n) is 4.27. The normalized spacial score (nSPS) is 11.7. The molecule has 3 heterocycles. The van der Waals surface area contributed by atoms with Gasteiger partial charge in [0.1, 0.15) is 0 Å². The fraction of sp³-hybridized carbons (Fsp3) is 0.0526. The van der Waals surface area contributed by atoms with Crippen LogP contribution in [0.4, 0.5) is 0 Å². The number of nitrogens with zero attached hydrogens (tertiary/aromatic N) is 4. The van der Waals surface area contributed by atoms with Crippen LogP contribution in [-0.4, -0.2) is 19.6 Å². The highest BCUT2D eigenvalue weighted by atomic mass is 32.1. The summed E-state index contributed by atoms with van der Waals surface area (Å²) in [5, 5.41) is 13.7. The largest absolute Gasteiger partial charge is 0.235 e. The van der Waals surface area contributed by atoms with Gasteiger partial charge in [-0.2, -0.15) is 10.2 Å². The van der Waals surface area contributed by atoms with E-state index >= 15 is 0 Å². The van der Waals surface area contributed by atoms with Crippen LogP contribution in [0.1, 0.15) is 11.0 Å². The molecule has 4 nitrogen and oxygen atoms in total. The molecule has 5 aromatic rings. The third kappa shape index (κ3) is 1.98. The molecule has 0 atom stereocenters. The zero-order chi connectivity index (χ0) is 15.9. The molecule has 2 aromatic carbocycles. The minimum absolute atomic E-state index is 0.0928. The molecular weight excluding hydrogens is 316 g/mol. The quantitative estimate of drug-likeness (QED) is 0.487. The molecule has 0 aliphatic heterocycles. The van der Waals surface area contributed by atoms with Gasteiger partial charge in [0.05, 0.1) is 28.3 Å². The van der Waals surface area contributed by atoms with Crippen molar-refractivity contribution in [2.75, 3.05) is 0 Å². The summed E-state index contributed by atoms with van der Waals surface area (Å²) < 4.78 is 4.11. The second-order valence-electron chi connectivity index (χ2n) is 5.68. The monoisotopic (exact) mass is 330 g/mol. The van der Waals surface area contributed by atoms with Crippen molar-refractivity contribution in [1.82, 2.24) is 19.6 Å². The van der Waals surface area contributed by atoms with Crippen LogP contribution < -0.4 is 0 Å². The molecule has 0 radical (unpaired) electrons. The Kier molecular flexibility index (Phi) is 2.99. The molecule has 5 heteroatoms. The van der Waals surface area contributed by atoms with Crippen LogP contribution in [-0.2, 0) is 0 Å². The molecule has 0 aliphatic carbocycles. The van der Waals surface area contributed by atoms with Gasteiger partial charge >= 0.3 is 0 Å². The molecule has 0 N–H and O–H groups in total. The molecule has 0 spiro atoms. The molecule has 0 saturated heterocycles. The number of para-hydroxylation sites is 2. The van der Waals surface area contributed by atoms with Crippen molar-refractivity contribution in [3.05, 3.63) is 83.3 Å². The van der Waals surface area contributed by atoms with Gasteiger partial charge < -0.3 is 0 Å². The Balaban J connectivity index is 1.80. The Morgan fingerprint density at radius 3 is 1.83 bits per heavy atom. The second kappa shape index (κ2) is 5.32. The van der Waals surface area contributed by atoms with Gasteiger partial charge in [-0.1, -0.05) is 42.5 Å². The molecular formula is C19H14N4S. The summed E-state index contributed by atoms with van der Waals surface area (Å²) in [4.78, 5) is 1.21. The van der Waals surface area contributed by atoms with Crippen LogP contribution in [0.2, 0.25) is 0 Å². The van der Waals surface area contributed by atoms with Gasteiger partial charge in [0.25, 0.3) is 0 Å². The van der Waals surface area contributed by atoms with E-state index in [9.17, 15) is 0 Å². The Hall–Kier alpha value is -2.92. The lowest BCUT2D eigenvalue weighted by Crippen LogP contribution is -2.20. The first-order valence-electron chi connectivity index (χ1n) is 7.80. The third-order valence-corrected chi connectivity index (χ3v) is 5.18. The second-order valence-corrected chi connectivity index (χ2v) is 6.66. The highest BCUT2D eigenvalue weighted by Crippen LogP contribution is 2.30. The maximum absolute atomic E-state index is 4.68. The lowest BCUT2D eigenvalue weighted by Gasteiger charge is -2.19. The standard InChI is InChI=1S/C19H14N4S/c1-3-8-16-14(6-1)12-20-22(16)19(18-10-5-11-24-18)23-17-9-4-2-7-15(17)13-21-23/h1-13,19H. The Bertz CT molecular complexity index is 1050. The fourth-order valence-corrected chi connectivity index (χ4v) is 3.95. The van der Waals surface area contributed by atoms with Crippen molar-refractivity contribution in [3.63, 3.8) is 0 Å². The van der Waals surface area contributed by atoms with Crippen LogP contribution >= 0.6 is 11.3 Å². The summed E-state index contributed by atoms with van der Waals surface area (Å²) in [6.07, 6.45) is 3.74. The van der Waals surface area contributed by atoms with Crippen LogP contribution in [0.15, 0.2) is 78.4 Å². The first kappa shape index (κ1) is 13.5. The maximum atomic E-state index is 4.68. The summed E-state index contributed by atoms with van der Waals surface area (Å²) in [6, 6.07) is 20.8. The van der Waals surface area contributed by atoms with Crippen molar-refractivity contribution in [3.8, 4) is 0 Å². The van der Waals surface area contributed by atoms with Gasteiger partial charge in [-0.05, 0) is 23.6 Å². The van der Waals surface area contributed by atoms with E-state index in [0.29, 0.717) is 0 Å². The predicted molar refractivity (Wildman–Crippen MR) is 97.3 cm³/mol. The molecule has 0 unspecified atom stereocenters. The average molecular weight is 330 g/mol.